The quantitative estimate of drug-likeness (QED) is 0.261. The molecule has 0 radical (unpaired) electrons. The molecule has 0 unspecified atom stereocenters. The van der Waals surface area contributed by atoms with Crippen molar-refractivity contribution in [3.05, 3.63) is 99.0 Å². The van der Waals surface area contributed by atoms with Crippen molar-refractivity contribution in [2.75, 3.05) is 13.2 Å². The summed E-state index contributed by atoms with van der Waals surface area (Å²) in [6.07, 6.45) is 2.12. The highest BCUT2D eigenvalue weighted by Gasteiger charge is 2.31. The molecule has 1 N–H and O–H groups in total. The maximum Gasteiger partial charge on any atom is 0.261 e. The molecule has 36 heavy (non-hydrogen) atoms. The van der Waals surface area contributed by atoms with E-state index in [4.69, 9.17) is 39.5 Å². The van der Waals surface area contributed by atoms with Gasteiger partial charge in [0.1, 0.15) is 11.8 Å². The Kier molecular flexibility index (Phi) is 10.9. The van der Waals surface area contributed by atoms with E-state index in [1.807, 2.05) is 30.3 Å². The summed E-state index contributed by atoms with van der Waals surface area (Å²) in [6.45, 7) is 2.40. The van der Waals surface area contributed by atoms with Crippen LogP contribution in [0.15, 0.2) is 72.8 Å². The largest absolute Gasteiger partial charge is 0.482 e. The maximum absolute atomic E-state index is 13.6. The van der Waals surface area contributed by atoms with Crippen molar-refractivity contribution in [2.24, 2.45) is 0 Å². The Hall–Kier alpha value is -2.73. The minimum Gasteiger partial charge on any atom is -0.482 e. The number of nitrogens with one attached hydrogen (secondary N) is 1. The van der Waals surface area contributed by atoms with E-state index < -0.39 is 6.04 Å². The zero-order valence-corrected chi connectivity index (χ0v) is 22.3. The number of ether oxygens (including phenoxy) is 1. The first-order chi connectivity index (χ1) is 17.4. The van der Waals surface area contributed by atoms with Crippen LogP contribution in [0.1, 0.15) is 30.9 Å². The summed E-state index contributed by atoms with van der Waals surface area (Å²) in [5.41, 5.74) is 1.60. The van der Waals surface area contributed by atoms with Gasteiger partial charge >= 0.3 is 0 Å². The third-order valence-electron chi connectivity index (χ3n) is 5.64. The zero-order chi connectivity index (χ0) is 25.9. The first-order valence-corrected chi connectivity index (χ1v) is 12.9. The number of nitrogens with zero attached hydrogens (tertiary/aromatic N) is 1. The average molecular weight is 548 g/mol. The van der Waals surface area contributed by atoms with E-state index in [0.29, 0.717) is 39.3 Å². The standard InChI is InChI=1S/C28H29Cl3N2O3/c1-2-3-15-32-28(35)25(16-20-9-5-4-6-10-20)33(18-21-13-14-22(29)17-24(21)31)27(34)19-36-26-12-8-7-11-23(26)30/h4-14,17,25H,2-3,15-16,18-19H2,1H3,(H,32,35)/t25-/m1/s1. The van der Waals surface area contributed by atoms with Gasteiger partial charge in [-0.2, -0.15) is 0 Å². The summed E-state index contributed by atoms with van der Waals surface area (Å²) in [4.78, 5) is 28.5. The van der Waals surface area contributed by atoms with Gasteiger partial charge in [-0.15, -0.1) is 0 Å². The Bertz CT molecular complexity index is 1160. The number of hydrogen-bond acceptors (Lipinski definition) is 3. The first-order valence-electron chi connectivity index (χ1n) is 11.8. The van der Waals surface area contributed by atoms with Gasteiger partial charge in [0.25, 0.3) is 5.91 Å². The van der Waals surface area contributed by atoms with E-state index in [2.05, 4.69) is 12.2 Å². The topological polar surface area (TPSA) is 58.6 Å². The fourth-order valence-corrected chi connectivity index (χ4v) is 4.34. The molecule has 3 aromatic carbocycles. The lowest BCUT2D eigenvalue weighted by Gasteiger charge is -2.31. The highest BCUT2D eigenvalue weighted by molar-refractivity contribution is 6.35. The molecule has 5 nitrogen and oxygen atoms in total. The second kappa shape index (κ2) is 14.1. The summed E-state index contributed by atoms with van der Waals surface area (Å²) >= 11 is 18.7. The molecule has 0 aliphatic carbocycles. The molecule has 3 rings (SSSR count). The molecule has 0 spiro atoms. The normalized spacial score (nSPS) is 11.6. The molecule has 0 heterocycles. The second-order valence-electron chi connectivity index (χ2n) is 8.33. The summed E-state index contributed by atoms with van der Waals surface area (Å²) in [5, 5.41) is 4.28. The van der Waals surface area contributed by atoms with Crippen molar-refractivity contribution in [3.8, 4) is 5.75 Å². The van der Waals surface area contributed by atoms with Gasteiger partial charge in [-0.1, -0.05) is 96.7 Å². The number of unbranched alkanes of at least 4 members (excludes halogenated alkanes) is 1. The monoisotopic (exact) mass is 546 g/mol. The Morgan fingerprint density at radius 3 is 2.36 bits per heavy atom. The highest BCUT2D eigenvalue weighted by Crippen LogP contribution is 2.26. The highest BCUT2D eigenvalue weighted by atomic mass is 35.5. The van der Waals surface area contributed by atoms with Crippen molar-refractivity contribution in [1.82, 2.24) is 10.2 Å². The Labute approximate surface area is 227 Å². The van der Waals surface area contributed by atoms with Crippen LogP contribution in [0.3, 0.4) is 0 Å². The number of halogens is 3. The molecule has 0 aliphatic rings. The van der Waals surface area contributed by atoms with Gasteiger partial charge in [0.05, 0.1) is 5.02 Å². The van der Waals surface area contributed by atoms with Gasteiger partial charge in [-0.25, -0.2) is 0 Å². The van der Waals surface area contributed by atoms with Crippen LogP contribution in [0.2, 0.25) is 15.1 Å². The summed E-state index contributed by atoms with van der Waals surface area (Å²) in [5.74, 6) is -0.208. The van der Waals surface area contributed by atoms with Crippen LogP contribution < -0.4 is 10.1 Å². The number of amides is 2. The number of rotatable bonds is 12. The lowest BCUT2D eigenvalue weighted by atomic mass is 10.0. The Morgan fingerprint density at radius 2 is 1.67 bits per heavy atom. The second-order valence-corrected chi connectivity index (χ2v) is 9.58. The Morgan fingerprint density at radius 1 is 0.944 bits per heavy atom. The molecular weight excluding hydrogens is 519 g/mol. The SMILES string of the molecule is CCCCNC(=O)[C@@H](Cc1ccccc1)N(Cc1ccc(Cl)cc1Cl)C(=O)COc1ccccc1Cl. The lowest BCUT2D eigenvalue weighted by Crippen LogP contribution is -2.51. The third-order valence-corrected chi connectivity index (χ3v) is 6.54. The van der Waals surface area contributed by atoms with E-state index in [1.54, 1.807) is 42.5 Å². The molecule has 3 aromatic rings. The van der Waals surface area contributed by atoms with E-state index >= 15 is 0 Å². The fraction of sp³-hybridized carbons (Fsp3) is 0.286. The number of hydrogen-bond donors (Lipinski definition) is 1. The first kappa shape index (κ1) is 27.9. The van der Waals surface area contributed by atoms with Crippen LogP contribution in [0.4, 0.5) is 0 Å². The molecule has 0 saturated heterocycles. The van der Waals surface area contributed by atoms with E-state index in [9.17, 15) is 9.59 Å². The molecule has 0 bridgehead atoms. The summed E-state index contributed by atoms with van der Waals surface area (Å²) in [7, 11) is 0. The maximum atomic E-state index is 13.6. The minimum absolute atomic E-state index is 0.111. The Balaban J connectivity index is 1.92. The number of carbonyl (C=O) groups is 2. The summed E-state index contributed by atoms with van der Waals surface area (Å²) < 4.78 is 5.74. The van der Waals surface area contributed by atoms with Gasteiger partial charge in [-0.05, 0) is 41.8 Å². The van der Waals surface area contributed by atoms with Gasteiger partial charge in [0, 0.05) is 29.6 Å². The van der Waals surface area contributed by atoms with Crippen LogP contribution in [0, 0.1) is 0 Å². The number of carbonyl (C=O) groups excluding carboxylic acids is 2. The smallest absolute Gasteiger partial charge is 0.261 e. The van der Waals surface area contributed by atoms with Crippen LogP contribution in [-0.4, -0.2) is 35.9 Å². The van der Waals surface area contributed by atoms with E-state index in [0.717, 1.165) is 18.4 Å². The molecule has 190 valence electrons. The molecule has 0 saturated carbocycles. The average Bonchev–Trinajstić information content (AvgIpc) is 2.87. The fourth-order valence-electron chi connectivity index (χ4n) is 3.68. The van der Waals surface area contributed by atoms with Gasteiger partial charge in [0.15, 0.2) is 6.61 Å². The van der Waals surface area contributed by atoms with Crippen LogP contribution in [0.5, 0.6) is 5.75 Å². The van der Waals surface area contributed by atoms with Crippen molar-refractivity contribution >= 4 is 46.6 Å². The van der Waals surface area contributed by atoms with Crippen LogP contribution >= 0.6 is 34.8 Å². The van der Waals surface area contributed by atoms with Crippen molar-refractivity contribution < 1.29 is 14.3 Å². The molecule has 2 amide bonds. The van der Waals surface area contributed by atoms with E-state index in [1.165, 1.54) is 4.90 Å². The molecular formula is C28H29Cl3N2O3. The predicted octanol–water partition coefficient (Wildman–Crippen LogP) is 6.58. The predicted molar refractivity (Wildman–Crippen MR) is 146 cm³/mol. The zero-order valence-electron chi connectivity index (χ0n) is 20.1. The van der Waals surface area contributed by atoms with Crippen molar-refractivity contribution in [3.63, 3.8) is 0 Å². The lowest BCUT2D eigenvalue weighted by molar-refractivity contribution is -0.142. The van der Waals surface area contributed by atoms with Crippen molar-refractivity contribution in [2.45, 2.75) is 38.8 Å². The van der Waals surface area contributed by atoms with Gasteiger partial charge < -0.3 is 15.0 Å². The molecule has 0 fully saturated rings. The number of benzene rings is 3. The third kappa shape index (κ3) is 8.16. The van der Waals surface area contributed by atoms with Gasteiger partial charge in [-0.3, -0.25) is 9.59 Å². The van der Waals surface area contributed by atoms with Gasteiger partial charge in [0.2, 0.25) is 5.91 Å². The molecule has 0 aromatic heterocycles. The minimum atomic E-state index is -0.779. The summed E-state index contributed by atoms with van der Waals surface area (Å²) in [6, 6.07) is 20.8. The van der Waals surface area contributed by atoms with Crippen LogP contribution in [0.25, 0.3) is 0 Å². The number of para-hydroxylation sites is 1. The molecule has 8 heteroatoms. The molecule has 0 aliphatic heterocycles. The van der Waals surface area contributed by atoms with Crippen molar-refractivity contribution in [1.29, 1.82) is 0 Å². The molecule has 1 atom stereocenters. The van der Waals surface area contributed by atoms with E-state index in [-0.39, 0.29) is 25.0 Å². The van der Waals surface area contributed by atoms with Crippen LogP contribution in [-0.2, 0) is 22.6 Å².